The molecule has 0 aromatic carbocycles. The zero-order valence-electron chi connectivity index (χ0n) is 19.1. The zero-order chi connectivity index (χ0) is 22.9. The third-order valence-corrected chi connectivity index (χ3v) is 6.47. The molecule has 3 aromatic heterocycles. The molecule has 1 saturated carbocycles. The Morgan fingerprint density at radius 2 is 1.97 bits per heavy atom. The summed E-state index contributed by atoms with van der Waals surface area (Å²) in [7, 11) is 3.52. The minimum atomic E-state index is -0.0462. The number of aromatic nitrogens is 4. The molecule has 174 valence electrons. The van der Waals surface area contributed by atoms with Gasteiger partial charge in [-0.25, -0.2) is 4.98 Å². The second-order valence-corrected chi connectivity index (χ2v) is 8.93. The summed E-state index contributed by atoms with van der Waals surface area (Å²) in [6.45, 7) is 3.62. The maximum Gasteiger partial charge on any atom is 0.270 e. The molecule has 0 spiro atoms. The summed E-state index contributed by atoms with van der Waals surface area (Å²) in [5, 5.41) is 14.7. The Kier molecular flexibility index (Phi) is 5.76. The Morgan fingerprint density at radius 3 is 2.67 bits per heavy atom. The average Bonchev–Trinajstić information content (AvgIpc) is 3.47. The molecular weight excluding hydrogens is 420 g/mol. The van der Waals surface area contributed by atoms with Crippen molar-refractivity contribution >= 4 is 28.6 Å². The molecule has 5 rings (SSSR count). The van der Waals surface area contributed by atoms with Gasteiger partial charge < -0.3 is 24.9 Å². The first-order valence-electron chi connectivity index (χ1n) is 11.5. The van der Waals surface area contributed by atoms with Crippen LogP contribution in [0.1, 0.15) is 42.2 Å². The molecule has 0 radical (unpaired) electrons. The van der Waals surface area contributed by atoms with Crippen LogP contribution in [-0.2, 0) is 0 Å². The quantitative estimate of drug-likeness (QED) is 0.589. The molecule has 1 amide bonds. The molecular formula is C23H30N8O2. The second kappa shape index (κ2) is 8.86. The summed E-state index contributed by atoms with van der Waals surface area (Å²) in [5.74, 6) is 0.205. The van der Waals surface area contributed by atoms with E-state index in [2.05, 4.69) is 24.8 Å². The van der Waals surface area contributed by atoms with Crippen molar-refractivity contribution in [2.24, 2.45) is 4.99 Å². The molecule has 4 heterocycles. The normalized spacial score (nSPS) is 17.8. The molecule has 0 unspecified atom stereocenters. The van der Waals surface area contributed by atoms with Gasteiger partial charge in [-0.2, -0.15) is 14.7 Å². The van der Waals surface area contributed by atoms with Gasteiger partial charge in [-0.05, 0) is 31.0 Å². The number of pyridine rings is 1. The number of carbonyl (C=O) groups excluding carboxylic acids is 1. The van der Waals surface area contributed by atoms with Gasteiger partial charge >= 0.3 is 0 Å². The van der Waals surface area contributed by atoms with Crippen molar-refractivity contribution in [3.05, 3.63) is 41.8 Å². The van der Waals surface area contributed by atoms with E-state index in [9.17, 15) is 10.0 Å². The lowest BCUT2D eigenvalue weighted by Crippen LogP contribution is -2.43. The second-order valence-electron chi connectivity index (χ2n) is 8.93. The molecule has 10 nitrogen and oxygen atoms in total. The third kappa shape index (κ3) is 4.18. The molecule has 33 heavy (non-hydrogen) atoms. The Labute approximate surface area is 192 Å². The fourth-order valence-corrected chi connectivity index (χ4v) is 4.75. The lowest BCUT2D eigenvalue weighted by molar-refractivity contribution is 0.0815. The van der Waals surface area contributed by atoms with E-state index in [4.69, 9.17) is 4.98 Å². The fourth-order valence-electron chi connectivity index (χ4n) is 4.75. The minimum Gasteiger partial charge on any atom is -0.427 e. The van der Waals surface area contributed by atoms with E-state index < -0.39 is 0 Å². The number of hydrogen-bond acceptors (Lipinski definition) is 7. The highest BCUT2D eigenvalue weighted by Gasteiger charge is 2.26. The van der Waals surface area contributed by atoms with Gasteiger partial charge in [0.2, 0.25) is 0 Å². The van der Waals surface area contributed by atoms with E-state index in [0.29, 0.717) is 16.8 Å². The number of carbonyl (C=O) groups is 1. The number of piperazine rings is 1. The summed E-state index contributed by atoms with van der Waals surface area (Å²) < 4.78 is 3.08. The topological polar surface area (TPSA) is 104 Å². The summed E-state index contributed by atoms with van der Waals surface area (Å²) in [6, 6.07) is 5.82. The third-order valence-electron chi connectivity index (χ3n) is 6.47. The Balaban J connectivity index is 1.54. The zero-order valence-corrected chi connectivity index (χ0v) is 19.1. The molecule has 2 N–H and O–H groups in total. The highest BCUT2D eigenvalue weighted by atomic mass is 16.5. The van der Waals surface area contributed by atoms with Crippen molar-refractivity contribution in [3.63, 3.8) is 0 Å². The first kappa shape index (κ1) is 21.4. The van der Waals surface area contributed by atoms with Crippen molar-refractivity contribution in [2.45, 2.75) is 31.7 Å². The van der Waals surface area contributed by atoms with Crippen molar-refractivity contribution in [1.82, 2.24) is 29.5 Å². The Morgan fingerprint density at radius 1 is 1.21 bits per heavy atom. The van der Waals surface area contributed by atoms with Crippen LogP contribution in [0.2, 0.25) is 0 Å². The number of fused-ring (bicyclic) bond motifs is 1. The first-order valence-corrected chi connectivity index (χ1v) is 11.5. The molecule has 0 atom stereocenters. The maximum absolute atomic E-state index is 12.9. The molecule has 1 saturated heterocycles. The molecule has 1 aliphatic heterocycles. The van der Waals surface area contributed by atoms with Crippen molar-refractivity contribution in [1.29, 1.82) is 0 Å². The van der Waals surface area contributed by atoms with E-state index in [1.54, 1.807) is 37.5 Å². The van der Waals surface area contributed by atoms with Crippen LogP contribution in [0.15, 0.2) is 35.6 Å². The average molecular weight is 451 g/mol. The first-order chi connectivity index (χ1) is 16.0. The lowest BCUT2D eigenvalue weighted by atomic mass is 10.2. The van der Waals surface area contributed by atoms with Gasteiger partial charge in [0, 0.05) is 57.9 Å². The van der Waals surface area contributed by atoms with Crippen LogP contribution in [0, 0.1) is 0 Å². The largest absolute Gasteiger partial charge is 0.427 e. The van der Waals surface area contributed by atoms with Gasteiger partial charge in [0.15, 0.2) is 5.49 Å². The fraction of sp³-hybridized carbons (Fsp3) is 0.478. The van der Waals surface area contributed by atoms with Gasteiger partial charge in [-0.1, -0.05) is 12.8 Å². The molecule has 10 heteroatoms. The van der Waals surface area contributed by atoms with Crippen LogP contribution in [0.4, 0.5) is 11.6 Å². The lowest BCUT2D eigenvalue weighted by Gasteiger charge is -2.29. The number of hydrogen-bond donors (Lipinski definition) is 2. The van der Waals surface area contributed by atoms with E-state index in [-0.39, 0.29) is 17.9 Å². The predicted octanol–water partition coefficient (Wildman–Crippen LogP) is 1.93. The van der Waals surface area contributed by atoms with Crippen LogP contribution >= 0.6 is 0 Å². The smallest absolute Gasteiger partial charge is 0.270 e. The van der Waals surface area contributed by atoms with Crippen molar-refractivity contribution in [3.8, 4) is 0 Å². The summed E-state index contributed by atoms with van der Waals surface area (Å²) in [5.41, 5.74) is 2.63. The predicted molar refractivity (Wildman–Crippen MR) is 125 cm³/mol. The molecule has 2 fully saturated rings. The Bertz CT molecular complexity index is 1230. The van der Waals surface area contributed by atoms with Crippen LogP contribution < -0.4 is 15.7 Å². The van der Waals surface area contributed by atoms with Gasteiger partial charge in [0.25, 0.3) is 11.9 Å². The van der Waals surface area contributed by atoms with Crippen molar-refractivity contribution in [2.75, 3.05) is 45.2 Å². The number of rotatable bonds is 4. The van der Waals surface area contributed by atoms with Gasteiger partial charge in [-0.15, -0.1) is 0 Å². The molecule has 2 aliphatic rings. The van der Waals surface area contributed by atoms with Crippen LogP contribution in [0.3, 0.4) is 0 Å². The highest BCUT2D eigenvalue weighted by Crippen LogP contribution is 2.34. The highest BCUT2D eigenvalue weighted by molar-refractivity contribution is 5.97. The van der Waals surface area contributed by atoms with Gasteiger partial charge in [0.1, 0.15) is 11.3 Å². The van der Waals surface area contributed by atoms with Crippen LogP contribution in [0.25, 0.3) is 11.0 Å². The van der Waals surface area contributed by atoms with E-state index in [0.717, 1.165) is 67.7 Å². The van der Waals surface area contributed by atoms with E-state index in [1.165, 1.54) is 0 Å². The monoisotopic (exact) mass is 450 g/mol. The van der Waals surface area contributed by atoms with Gasteiger partial charge in [-0.3, -0.25) is 4.79 Å². The number of amides is 1. The standard InChI is InChI=1S/C23H30N8O2/c1-28(2)22(32)19-13-16-14-25-23(27-21(16)31(19)17-5-3-4-6-17)26-20-8-7-18(15-30(20)33)29-11-9-24-10-12-29/h7-8,13-15,17,24,33H,3-6,9-12H2,1-2H3. The molecule has 1 aliphatic carbocycles. The Hall–Kier alpha value is -3.40. The number of nitrogens with one attached hydrogen (secondary N) is 1. The van der Waals surface area contributed by atoms with Crippen LogP contribution in [-0.4, -0.2) is 75.6 Å². The molecule has 3 aromatic rings. The van der Waals surface area contributed by atoms with Crippen molar-refractivity contribution < 1.29 is 10.0 Å². The summed E-state index contributed by atoms with van der Waals surface area (Å²) in [4.78, 5) is 30.2. The van der Waals surface area contributed by atoms with Crippen LogP contribution in [0.5, 0.6) is 0 Å². The SMILES string of the molecule is CN(C)C(=O)c1cc2cnc(N=c3ccc(N4CCNCC4)cn3O)nc2n1C1CCCC1. The van der Waals surface area contributed by atoms with E-state index in [1.807, 2.05) is 12.1 Å². The number of anilines is 1. The maximum atomic E-state index is 12.9. The minimum absolute atomic E-state index is 0.0462. The van der Waals surface area contributed by atoms with Gasteiger partial charge in [0.05, 0.1) is 11.9 Å². The van der Waals surface area contributed by atoms with E-state index >= 15 is 0 Å². The number of nitrogens with zero attached hydrogens (tertiary/aromatic N) is 7. The summed E-state index contributed by atoms with van der Waals surface area (Å²) in [6.07, 6.45) is 7.71. The summed E-state index contributed by atoms with van der Waals surface area (Å²) >= 11 is 0. The molecule has 0 bridgehead atoms.